The molecule has 2 N–H and O–H groups in total. The zero-order chi connectivity index (χ0) is 15.6. The largest absolute Gasteiger partial charge is 0.343 e. The standard InChI is InChI=1S/C16H28N2O2/c1-6-9-11-14(17-20)12-10-13-16(4,5)15(19)18(7-2)8-3/h9-13,17,20H,6-8H2,1-5H3/b11-9-,13-10+,14-12+. The van der Waals surface area contributed by atoms with Crippen molar-refractivity contribution < 1.29 is 10.0 Å². The number of nitrogens with zero attached hydrogens (tertiary/aromatic N) is 1. The molecule has 4 heteroatoms. The van der Waals surface area contributed by atoms with Crippen molar-refractivity contribution in [2.24, 2.45) is 5.41 Å². The number of allylic oxidation sites excluding steroid dienone is 4. The normalized spacial score (nSPS) is 13.2. The Morgan fingerprint density at radius 1 is 1.25 bits per heavy atom. The topological polar surface area (TPSA) is 52.6 Å². The molecule has 0 spiro atoms. The molecule has 0 aliphatic rings. The maximum atomic E-state index is 12.3. The summed E-state index contributed by atoms with van der Waals surface area (Å²) < 4.78 is 0. The van der Waals surface area contributed by atoms with Gasteiger partial charge in [0.05, 0.1) is 11.1 Å². The smallest absolute Gasteiger partial charge is 0.232 e. The van der Waals surface area contributed by atoms with Crippen molar-refractivity contribution in [3.05, 3.63) is 36.1 Å². The molecule has 0 atom stereocenters. The second-order valence-corrected chi connectivity index (χ2v) is 5.10. The van der Waals surface area contributed by atoms with Gasteiger partial charge < -0.3 is 4.90 Å². The van der Waals surface area contributed by atoms with E-state index in [4.69, 9.17) is 5.21 Å². The molecule has 4 nitrogen and oxygen atoms in total. The number of carbonyl (C=O) groups excluding carboxylic acids is 1. The van der Waals surface area contributed by atoms with Crippen LogP contribution < -0.4 is 5.48 Å². The molecule has 0 rings (SSSR count). The fourth-order valence-corrected chi connectivity index (χ4v) is 1.76. The highest BCUT2D eigenvalue weighted by Gasteiger charge is 2.27. The Morgan fingerprint density at radius 2 is 1.85 bits per heavy atom. The molecule has 0 aromatic heterocycles. The molecule has 0 saturated heterocycles. The fourth-order valence-electron chi connectivity index (χ4n) is 1.76. The van der Waals surface area contributed by atoms with Crippen LogP contribution in [-0.4, -0.2) is 29.1 Å². The van der Waals surface area contributed by atoms with Gasteiger partial charge in [-0.25, -0.2) is 0 Å². The van der Waals surface area contributed by atoms with Crippen molar-refractivity contribution in [1.82, 2.24) is 10.4 Å². The molecule has 0 unspecified atom stereocenters. The van der Waals surface area contributed by atoms with Gasteiger partial charge in [-0.05, 0) is 46.3 Å². The van der Waals surface area contributed by atoms with Gasteiger partial charge in [0.15, 0.2) is 0 Å². The van der Waals surface area contributed by atoms with E-state index >= 15 is 0 Å². The number of amides is 1. The third-order valence-corrected chi connectivity index (χ3v) is 3.05. The molecule has 0 saturated carbocycles. The molecular formula is C16H28N2O2. The third kappa shape index (κ3) is 6.06. The Hall–Kier alpha value is -1.55. The van der Waals surface area contributed by atoms with E-state index < -0.39 is 5.41 Å². The van der Waals surface area contributed by atoms with Crippen molar-refractivity contribution in [1.29, 1.82) is 0 Å². The number of hydroxylamine groups is 1. The first kappa shape index (κ1) is 18.4. The maximum absolute atomic E-state index is 12.3. The average molecular weight is 280 g/mol. The quantitative estimate of drug-likeness (QED) is 0.530. The highest BCUT2D eigenvalue weighted by molar-refractivity contribution is 5.83. The van der Waals surface area contributed by atoms with Gasteiger partial charge in [0, 0.05) is 13.1 Å². The number of nitrogens with one attached hydrogen (secondary N) is 1. The predicted molar refractivity (Wildman–Crippen MR) is 83.3 cm³/mol. The van der Waals surface area contributed by atoms with Crippen LogP contribution in [0.5, 0.6) is 0 Å². The van der Waals surface area contributed by atoms with Crippen LogP contribution in [0.1, 0.15) is 41.0 Å². The lowest BCUT2D eigenvalue weighted by Gasteiger charge is -2.28. The van der Waals surface area contributed by atoms with Crippen LogP contribution in [0.4, 0.5) is 0 Å². The number of hydrogen-bond donors (Lipinski definition) is 2. The zero-order valence-electron chi connectivity index (χ0n) is 13.3. The van der Waals surface area contributed by atoms with Crippen molar-refractivity contribution in [2.45, 2.75) is 41.0 Å². The molecule has 0 aliphatic heterocycles. The minimum absolute atomic E-state index is 0.106. The summed E-state index contributed by atoms with van der Waals surface area (Å²) >= 11 is 0. The van der Waals surface area contributed by atoms with Gasteiger partial charge in [0.1, 0.15) is 0 Å². The highest BCUT2D eigenvalue weighted by atomic mass is 16.5. The molecule has 20 heavy (non-hydrogen) atoms. The predicted octanol–water partition coefficient (Wildman–Crippen LogP) is 3.27. The van der Waals surface area contributed by atoms with E-state index in [0.29, 0.717) is 18.8 Å². The molecule has 0 fully saturated rings. The lowest BCUT2D eigenvalue weighted by atomic mass is 9.91. The van der Waals surface area contributed by atoms with Crippen LogP contribution in [0.2, 0.25) is 0 Å². The SMILES string of the molecule is CC\C=C/C(=C\C=C\C(C)(C)C(=O)N(CC)CC)NO. The lowest BCUT2D eigenvalue weighted by Crippen LogP contribution is -2.39. The second kappa shape index (κ2) is 9.37. The van der Waals surface area contributed by atoms with Crippen molar-refractivity contribution >= 4 is 5.91 Å². The van der Waals surface area contributed by atoms with Gasteiger partial charge in [-0.2, -0.15) is 0 Å². The van der Waals surface area contributed by atoms with Crippen molar-refractivity contribution in [3.8, 4) is 0 Å². The molecule has 0 aromatic carbocycles. The van der Waals surface area contributed by atoms with Crippen LogP contribution in [0.3, 0.4) is 0 Å². The minimum Gasteiger partial charge on any atom is -0.343 e. The van der Waals surface area contributed by atoms with Crippen LogP contribution in [0.15, 0.2) is 36.1 Å². The number of rotatable bonds is 8. The highest BCUT2D eigenvalue weighted by Crippen LogP contribution is 2.21. The first-order valence-corrected chi connectivity index (χ1v) is 7.18. The van der Waals surface area contributed by atoms with E-state index in [2.05, 4.69) is 5.48 Å². The van der Waals surface area contributed by atoms with Gasteiger partial charge in [-0.15, -0.1) is 0 Å². The molecule has 1 amide bonds. The number of carbonyl (C=O) groups is 1. The Labute approximate surface area is 122 Å². The van der Waals surface area contributed by atoms with E-state index in [1.54, 1.807) is 18.2 Å². The molecular weight excluding hydrogens is 252 g/mol. The second-order valence-electron chi connectivity index (χ2n) is 5.10. The van der Waals surface area contributed by atoms with Crippen LogP contribution >= 0.6 is 0 Å². The molecule has 0 bridgehead atoms. The van der Waals surface area contributed by atoms with Crippen molar-refractivity contribution in [3.63, 3.8) is 0 Å². The van der Waals surface area contributed by atoms with E-state index in [1.165, 1.54) is 0 Å². The molecule has 0 aromatic rings. The summed E-state index contributed by atoms with van der Waals surface area (Å²) in [5, 5.41) is 8.98. The van der Waals surface area contributed by atoms with Crippen LogP contribution in [-0.2, 0) is 4.79 Å². The molecule has 114 valence electrons. The summed E-state index contributed by atoms with van der Waals surface area (Å²) in [5.41, 5.74) is 2.16. The molecule has 0 aliphatic carbocycles. The Bertz CT molecular complexity index is 378. The summed E-state index contributed by atoms with van der Waals surface area (Å²) in [5.74, 6) is 0.106. The summed E-state index contributed by atoms with van der Waals surface area (Å²) in [6.45, 7) is 11.2. The van der Waals surface area contributed by atoms with E-state index in [0.717, 1.165) is 6.42 Å². The first-order chi connectivity index (χ1) is 9.42. The number of hydrogen-bond acceptors (Lipinski definition) is 3. The summed E-state index contributed by atoms with van der Waals surface area (Å²) in [6, 6.07) is 0. The summed E-state index contributed by atoms with van der Waals surface area (Å²) in [6.07, 6.45) is 10.0. The lowest BCUT2D eigenvalue weighted by molar-refractivity contribution is -0.137. The van der Waals surface area contributed by atoms with Gasteiger partial charge in [0.2, 0.25) is 5.91 Å². The van der Waals surface area contributed by atoms with Crippen LogP contribution in [0, 0.1) is 5.41 Å². The summed E-state index contributed by atoms with van der Waals surface area (Å²) in [4.78, 5) is 14.1. The molecule has 0 heterocycles. The molecule has 0 radical (unpaired) electrons. The zero-order valence-corrected chi connectivity index (χ0v) is 13.3. The first-order valence-electron chi connectivity index (χ1n) is 7.18. The van der Waals surface area contributed by atoms with E-state index in [9.17, 15) is 4.79 Å². The van der Waals surface area contributed by atoms with Crippen LogP contribution in [0.25, 0.3) is 0 Å². The van der Waals surface area contributed by atoms with Gasteiger partial charge >= 0.3 is 0 Å². The average Bonchev–Trinajstić information content (AvgIpc) is 2.43. The van der Waals surface area contributed by atoms with Gasteiger partial charge in [-0.3, -0.25) is 15.5 Å². The Kier molecular flexibility index (Phi) is 8.64. The van der Waals surface area contributed by atoms with E-state index in [-0.39, 0.29) is 5.91 Å². The summed E-state index contributed by atoms with van der Waals surface area (Å²) in [7, 11) is 0. The van der Waals surface area contributed by atoms with Gasteiger partial charge in [-0.1, -0.05) is 25.2 Å². The maximum Gasteiger partial charge on any atom is 0.232 e. The fraction of sp³-hybridized carbons (Fsp3) is 0.562. The Morgan fingerprint density at radius 3 is 2.30 bits per heavy atom. The minimum atomic E-state index is -0.558. The van der Waals surface area contributed by atoms with Crippen molar-refractivity contribution in [2.75, 3.05) is 13.1 Å². The third-order valence-electron chi connectivity index (χ3n) is 3.05. The van der Waals surface area contributed by atoms with E-state index in [1.807, 2.05) is 51.7 Å². The Balaban J connectivity index is 4.89. The monoisotopic (exact) mass is 280 g/mol. The van der Waals surface area contributed by atoms with Gasteiger partial charge in [0.25, 0.3) is 0 Å².